The molecule has 0 spiro atoms. The Morgan fingerprint density at radius 2 is 1.80 bits per heavy atom. The smallest absolute Gasteiger partial charge is 0.321 e. The number of rotatable bonds is 8. The maximum atomic E-state index is 11.0. The van der Waals surface area contributed by atoms with E-state index in [0.717, 1.165) is 5.56 Å². The van der Waals surface area contributed by atoms with E-state index in [2.05, 4.69) is 17.9 Å². The highest BCUT2D eigenvalue weighted by Gasteiger charge is 2.18. The molecule has 0 aliphatic rings. The van der Waals surface area contributed by atoms with Crippen molar-refractivity contribution in [1.29, 1.82) is 0 Å². The van der Waals surface area contributed by atoms with Crippen LogP contribution >= 0.6 is 12.6 Å². The fraction of sp³-hybridized carbons (Fsp3) is 0.462. The van der Waals surface area contributed by atoms with Gasteiger partial charge in [0, 0.05) is 24.4 Å². The van der Waals surface area contributed by atoms with Crippen LogP contribution in [0.2, 0.25) is 0 Å². The summed E-state index contributed by atoms with van der Waals surface area (Å²) in [5.41, 5.74) is 0.726. The van der Waals surface area contributed by atoms with Gasteiger partial charge in [-0.05, 0) is 0 Å². The van der Waals surface area contributed by atoms with Crippen molar-refractivity contribution in [2.24, 2.45) is 0 Å². The summed E-state index contributed by atoms with van der Waals surface area (Å²) in [7, 11) is 4.61. The zero-order chi connectivity index (χ0) is 15.1. The summed E-state index contributed by atoms with van der Waals surface area (Å²) in [6.07, 6.45) is 0. The number of hydrogen-bond donors (Lipinski definition) is 3. The average Bonchev–Trinajstić information content (AvgIpc) is 2.46. The molecule has 1 rings (SSSR count). The van der Waals surface area contributed by atoms with Gasteiger partial charge in [-0.1, -0.05) is 0 Å². The second kappa shape index (κ2) is 7.86. The standard InChI is InChI=1S/C13H19NO5S/c1-17-8-4-11(18-2)9(12(5-8)19-3)6-14-10(7-20)13(15)16/h4-5,10,14,20H,6-7H2,1-3H3,(H,15,16)/t10-/m0/s1. The van der Waals surface area contributed by atoms with E-state index in [1.165, 1.54) is 14.2 Å². The van der Waals surface area contributed by atoms with Crippen LogP contribution in [0.25, 0.3) is 0 Å². The molecule has 0 aliphatic carbocycles. The molecule has 1 aromatic carbocycles. The van der Waals surface area contributed by atoms with Gasteiger partial charge in [-0.3, -0.25) is 10.1 Å². The van der Waals surface area contributed by atoms with Gasteiger partial charge in [0.1, 0.15) is 23.3 Å². The quantitative estimate of drug-likeness (QED) is 0.626. The van der Waals surface area contributed by atoms with Crippen LogP contribution in [0.4, 0.5) is 0 Å². The van der Waals surface area contributed by atoms with E-state index in [1.54, 1.807) is 19.2 Å². The SMILES string of the molecule is COc1cc(OC)c(CN[C@@H](CS)C(=O)O)c(OC)c1. The molecule has 1 atom stereocenters. The molecule has 0 amide bonds. The van der Waals surface area contributed by atoms with Crippen LogP contribution < -0.4 is 19.5 Å². The lowest BCUT2D eigenvalue weighted by Crippen LogP contribution is -2.37. The zero-order valence-corrected chi connectivity index (χ0v) is 12.6. The van der Waals surface area contributed by atoms with Gasteiger partial charge >= 0.3 is 5.97 Å². The van der Waals surface area contributed by atoms with E-state index < -0.39 is 12.0 Å². The number of methoxy groups -OCH3 is 3. The Bertz CT molecular complexity index is 441. The number of carbonyl (C=O) groups is 1. The maximum Gasteiger partial charge on any atom is 0.321 e. The molecule has 0 bridgehead atoms. The summed E-state index contributed by atoms with van der Waals surface area (Å²) in [5, 5.41) is 11.9. The van der Waals surface area contributed by atoms with Crippen LogP contribution in [-0.4, -0.2) is 44.2 Å². The molecular weight excluding hydrogens is 282 g/mol. The van der Waals surface area contributed by atoms with Gasteiger partial charge in [-0.25, -0.2) is 0 Å². The fourth-order valence-corrected chi connectivity index (χ4v) is 1.99. The second-order valence-corrected chi connectivity index (χ2v) is 4.33. The molecule has 0 unspecified atom stereocenters. The van der Waals surface area contributed by atoms with E-state index in [9.17, 15) is 4.79 Å². The van der Waals surface area contributed by atoms with E-state index in [-0.39, 0.29) is 12.3 Å². The Balaban J connectivity index is 3.00. The first kappa shape index (κ1) is 16.5. The molecule has 0 fully saturated rings. The molecule has 112 valence electrons. The van der Waals surface area contributed by atoms with Gasteiger partial charge in [0.05, 0.1) is 26.9 Å². The molecular formula is C13H19NO5S. The first-order valence-corrected chi connectivity index (χ1v) is 6.56. The van der Waals surface area contributed by atoms with Gasteiger partial charge in [0.2, 0.25) is 0 Å². The van der Waals surface area contributed by atoms with E-state index in [0.29, 0.717) is 17.2 Å². The number of aliphatic carboxylic acids is 1. The summed E-state index contributed by atoms with van der Waals surface area (Å²) in [6, 6.07) is 2.70. The van der Waals surface area contributed by atoms with Crippen molar-refractivity contribution in [1.82, 2.24) is 5.32 Å². The third kappa shape index (κ3) is 3.94. The zero-order valence-electron chi connectivity index (χ0n) is 11.7. The van der Waals surface area contributed by atoms with Gasteiger partial charge in [-0.15, -0.1) is 0 Å². The minimum Gasteiger partial charge on any atom is -0.496 e. The summed E-state index contributed by atoms with van der Waals surface area (Å²) in [4.78, 5) is 11.0. The minimum absolute atomic E-state index is 0.191. The Hall–Kier alpha value is -1.60. The maximum absolute atomic E-state index is 11.0. The Morgan fingerprint density at radius 3 is 2.15 bits per heavy atom. The van der Waals surface area contributed by atoms with Crippen molar-refractivity contribution in [2.45, 2.75) is 12.6 Å². The molecule has 1 aromatic rings. The molecule has 0 aromatic heterocycles. The average molecular weight is 301 g/mol. The topological polar surface area (TPSA) is 77.0 Å². The summed E-state index contributed by atoms with van der Waals surface area (Å²) in [5.74, 6) is 0.975. The molecule has 6 nitrogen and oxygen atoms in total. The summed E-state index contributed by atoms with van der Waals surface area (Å²) < 4.78 is 15.7. The molecule has 2 N–H and O–H groups in total. The Morgan fingerprint density at radius 1 is 1.25 bits per heavy atom. The largest absolute Gasteiger partial charge is 0.496 e. The molecule has 0 aliphatic heterocycles. The first-order chi connectivity index (χ1) is 9.57. The van der Waals surface area contributed by atoms with Crippen molar-refractivity contribution in [3.8, 4) is 17.2 Å². The molecule has 0 saturated heterocycles. The van der Waals surface area contributed by atoms with E-state index in [1.807, 2.05) is 0 Å². The van der Waals surface area contributed by atoms with Crippen LogP contribution in [-0.2, 0) is 11.3 Å². The van der Waals surface area contributed by atoms with Crippen molar-refractivity contribution < 1.29 is 24.1 Å². The van der Waals surface area contributed by atoms with E-state index in [4.69, 9.17) is 19.3 Å². The Labute approximate surface area is 123 Å². The van der Waals surface area contributed by atoms with Crippen LogP contribution in [0.3, 0.4) is 0 Å². The van der Waals surface area contributed by atoms with Gasteiger partial charge in [-0.2, -0.15) is 12.6 Å². The number of ether oxygens (including phenoxy) is 3. The van der Waals surface area contributed by atoms with Crippen molar-refractivity contribution in [3.05, 3.63) is 17.7 Å². The monoisotopic (exact) mass is 301 g/mol. The summed E-state index contributed by atoms with van der Waals surface area (Å²) in [6.45, 7) is 0.286. The third-order valence-corrected chi connectivity index (χ3v) is 3.19. The van der Waals surface area contributed by atoms with Crippen LogP contribution in [0.1, 0.15) is 5.56 Å². The molecule has 0 radical (unpaired) electrons. The Kier molecular flexibility index (Phi) is 6.47. The lowest BCUT2D eigenvalue weighted by atomic mass is 10.1. The number of benzene rings is 1. The number of nitrogens with one attached hydrogen (secondary N) is 1. The summed E-state index contributed by atoms with van der Waals surface area (Å²) >= 11 is 4.00. The highest BCUT2D eigenvalue weighted by molar-refractivity contribution is 7.80. The fourth-order valence-electron chi connectivity index (χ4n) is 1.71. The van der Waals surface area contributed by atoms with Gasteiger partial charge in [0.15, 0.2) is 0 Å². The normalized spacial score (nSPS) is 11.8. The highest BCUT2D eigenvalue weighted by atomic mass is 32.1. The number of thiol groups is 1. The molecule has 20 heavy (non-hydrogen) atoms. The van der Waals surface area contributed by atoms with Gasteiger partial charge in [0.25, 0.3) is 0 Å². The third-order valence-electron chi connectivity index (χ3n) is 2.82. The highest BCUT2D eigenvalue weighted by Crippen LogP contribution is 2.33. The number of carboxylic acid groups (broad SMARTS) is 1. The lowest BCUT2D eigenvalue weighted by Gasteiger charge is -2.17. The second-order valence-electron chi connectivity index (χ2n) is 3.96. The van der Waals surface area contributed by atoms with Crippen LogP contribution in [0.5, 0.6) is 17.2 Å². The van der Waals surface area contributed by atoms with Gasteiger partial charge < -0.3 is 19.3 Å². The molecule has 7 heteroatoms. The van der Waals surface area contributed by atoms with Crippen LogP contribution in [0.15, 0.2) is 12.1 Å². The minimum atomic E-state index is -0.952. The predicted molar refractivity (Wildman–Crippen MR) is 78.2 cm³/mol. The van der Waals surface area contributed by atoms with E-state index >= 15 is 0 Å². The number of hydrogen-bond acceptors (Lipinski definition) is 6. The van der Waals surface area contributed by atoms with Crippen molar-refractivity contribution in [2.75, 3.05) is 27.1 Å². The number of carboxylic acids is 1. The van der Waals surface area contributed by atoms with Crippen LogP contribution in [0, 0.1) is 0 Å². The van der Waals surface area contributed by atoms with Crippen molar-refractivity contribution in [3.63, 3.8) is 0 Å². The molecule has 0 heterocycles. The van der Waals surface area contributed by atoms with Crippen molar-refractivity contribution >= 4 is 18.6 Å². The lowest BCUT2D eigenvalue weighted by molar-refractivity contribution is -0.138. The molecule has 0 saturated carbocycles. The first-order valence-electron chi connectivity index (χ1n) is 5.93. The predicted octanol–water partition coefficient (Wildman–Crippen LogP) is 1.18.